The first-order valence-electron chi connectivity index (χ1n) is 2.76. The lowest BCUT2D eigenvalue weighted by Crippen LogP contribution is -2.30. The molecule has 1 aliphatic rings. The average molecular weight is 146 g/mol. The van der Waals surface area contributed by atoms with Gasteiger partial charge in [0.05, 0.1) is 6.61 Å². The van der Waals surface area contributed by atoms with Gasteiger partial charge in [0.15, 0.2) is 0 Å². The predicted octanol–water partition coefficient (Wildman–Crippen LogP) is -0.267. The first-order chi connectivity index (χ1) is 4.43. The fourth-order valence-electron chi connectivity index (χ4n) is 0.553. The summed E-state index contributed by atoms with van der Waals surface area (Å²) in [5.74, 6) is 1.72. The van der Waals surface area contributed by atoms with Crippen molar-refractivity contribution in [2.75, 3.05) is 18.1 Å². The normalized spacial score (nSPS) is 29.1. The van der Waals surface area contributed by atoms with E-state index < -0.39 is 0 Å². The molecule has 0 bridgehead atoms. The fourth-order valence-corrected chi connectivity index (χ4v) is 1.29. The van der Waals surface area contributed by atoms with Crippen LogP contribution in [0.1, 0.15) is 0 Å². The molecule has 9 heavy (non-hydrogen) atoms. The smallest absolute Gasteiger partial charge is 0.220 e. The zero-order valence-corrected chi connectivity index (χ0v) is 5.74. The predicted molar refractivity (Wildman–Crippen MR) is 35.9 cm³/mol. The number of thioether (sulfide) groups is 1. The van der Waals surface area contributed by atoms with Gasteiger partial charge in [0.2, 0.25) is 6.29 Å². The molecule has 1 fully saturated rings. The van der Waals surface area contributed by atoms with Gasteiger partial charge >= 0.3 is 0 Å². The highest BCUT2D eigenvalue weighted by atomic mass is 32.2. The number of hydroxylamine groups is 1. The van der Waals surface area contributed by atoms with Gasteiger partial charge in [0.1, 0.15) is 6.04 Å². The van der Waals surface area contributed by atoms with E-state index in [-0.39, 0.29) is 6.04 Å². The summed E-state index contributed by atoms with van der Waals surface area (Å²) in [5, 5.41) is 0. The lowest BCUT2D eigenvalue weighted by molar-refractivity contribution is 0.0485. The minimum atomic E-state index is -0.238. The second-order valence-corrected chi connectivity index (χ2v) is 2.86. The second-order valence-electron chi connectivity index (χ2n) is 1.71. The standard InChI is InChI=1S/C5H8NO2S/c7-3-5-4-9-2-1-8-6-5/h5-6H,1-2,4H2. The number of nitrogens with one attached hydrogen (secondary N) is 1. The summed E-state index contributed by atoms with van der Waals surface area (Å²) in [5.41, 5.74) is 2.59. The summed E-state index contributed by atoms with van der Waals surface area (Å²) >= 11 is 1.70. The Kier molecular flexibility index (Phi) is 3.03. The van der Waals surface area contributed by atoms with Crippen LogP contribution in [0.2, 0.25) is 0 Å². The highest BCUT2D eigenvalue weighted by Gasteiger charge is 2.10. The van der Waals surface area contributed by atoms with Gasteiger partial charge in [-0.3, -0.25) is 4.79 Å². The summed E-state index contributed by atoms with van der Waals surface area (Å²) in [6.07, 6.45) is 1.84. The van der Waals surface area contributed by atoms with Crippen molar-refractivity contribution >= 4 is 18.0 Å². The van der Waals surface area contributed by atoms with Crippen LogP contribution < -0.4 is 5.48 Å². The molecule has 4 heteroatoms. The minimum Gasteiger partial charge on any atom is -0.300 e. The van der Waals surface area contributed by atoms with E-state index >= 15 is 0 Å². The van der Waals surface area contributed by atoms with Crippen molar-refractivity contribution in [3.05, 3.63) is 0 Å². The molecule has 0 aromatic heterocycles. The van der Waals surface area contributed by atoms with Crippen molar-refractivity contribution in [2.24, 2.45) is 0 Å². The van der Waals surface area contributed by atoms with E-state index in [0.29, 0.717) is 6.61 Å². The largest absolute Gasteiger partial charge is 0.300 e. The van der Waals surface area contributed by atoms with E-state index in [2.05, 4.69) is 5.48 Å². The van der Waals surface area contributed by atoms with E-state index in [1.54, 1.807) is 11.8 Å². The summed E-state index contributed by atoms with van der Waals surface area (Å²) in [6, 6.07) is -0.238. The molecule has 1 N–H and O–H groups in total. The number of rotatable bonds is 1. The quantitative estimate of drug-likeness (QED) is 0.553. The minimum absolute atomic E-state index is 0.238. The highest BCUT2D eigenvalue weighted by molar-refractivity contribution is 7.99. The third-order valence-electron chi connectivity index (χ3n) is 0.982. The van der Waals surface area contributed by atoms with Crippen LogP contribution in [0.4, 0.5) is 0 Å². The second kappa shape index (κ2) is 3.87. The van der Waals surface area contributed by atoms with Gasteiger partial charge in [0.25, 0.3) is 0 Å². The third-order valence-corrected chi connectivity index (χ3v) is 2.01. The molecular weight excluding hydrogens is 138 g/mol. The molecule has 0 spiro atoms. The zero-order chi connectivity index (χ0) is 6.53. The van der Waals surface area contributed by atoms with Gasteiger partial charge in [-0.25, -0.2) is 0 Å². The van der Waals surface area contributed by atoms with Crippen LogP contribution in [0.15, 0.2) is 0 Å². The molecule has 0 saturated carbocycles. The van der Waals surface area contributed by atoms with Gasteiger partial charge in [-0.1, -0.05) is 0 Å². The SMILES string of the molecule is O=[C]C1CSCCON1. The Hall–Kier alpha value is -0.0600. The number of carbonyl (C=O) groups excluding carboxylic acids is 1. The summed E-state index contributed by atoms with van der Waals surface area (Å²) in [4.78, 5) is 14.9. The van der Waals surface area contributed by atoms with E-state index in [4.69, 9.17) is 4.84 Å². The Labute approximate surface area is 58.1 Å². The monoisotopic (exact) mass is 146 g/mol. The first kappa shape index (κ1) is 7.05. The lowest BCUT2D eigenvalue weighted by Gasteiger charge is -2.03. The molecule has 0 aliphatic carbocycles. The van der Waals surface area contributed by atoms with Crippen molar-refractivity contribution < 1.29 is 9.63 Å². The third kappa shape index (κ3) is 2.34. The van der Waals surface area contributed by atoms with Gasteiger partial charge < -0.3 is 4.84 Å². The Morgan fingerprint density at radius 3 is 3.44 bits per heavy atom. The van der Waals surface area contributed by atoms with E-state index in [0.717, 1.165) is 11.5 Å². The zero-order valence-electron chi connectivity index (χ0n) is 4.92. The van der Waals surface area contributed by atoms with Crippen LogP contribution in [-0.4, -0.2) is 30.4 Å². The molecule has 1 saturated heterocycles. The molecule has 0 amide bonds. The van der Waals surface area contributed by atoms with Crippen LogP contribution in [0.25, 0.3) is 0 Å². The maximum absolute atomic E-state index is 10.0. The van der Waals surface area contributed by atoms with Crippen molar-refractivity contribution in [1.29, 1.82) is 0 Å². The molecular formula is C5H8NO2S. The maximum atomic E-state index is 10.0. The van der Waals surface area contributed by atoms with Crippen LogP contribution >= 0.6 is 11.8 Å². The average Bonchev–Trinajstić information content (AvgIpc) is 2.13. The Balaban J connectivity index is 2.26. The van der Waals surface area contributed by atoms with E-state index in [1.807, 2.05) is 6.29 Å². The van der Waals surface area contributed by atoms with Crippen molar-refractivity contribution in [1.82, 2.24) is 5.48 Å². The van der Waals surface area contributed by atoms with Crippen LogP contribution in [0.5, 0.6) is 0 Å². The first-order valence-corrected chi connectivity index (χ1v) is 3.91. The summed E-state index contributed by atoms with van der Waals surface area (Å²) in [7, 11) is 0. The van der Waals surface area contributed by atoms with Gasteiger partial charge in [0, 0.05) is 11.5 Å². The fraction of sp³-hybridized carbons (Fsp3) is 0.800. The molecule has 51 valence electrons. The van der Waals surface area contributed by atoms with Gasteiger partial charge in [-0.05, 0) is 0 Å². The van der Waals surface area contributed by atoms with Gasteiger partial charge in [-0.15, -0.1) is 0 Å². The topological polar surface area (TPSA) is 38.3 Å². The van der Waals surface area contributed by atoms with Crippen LogP contribution in [0, 0.1) is 0 Å². The molecule has 1 atom stereocenters. The molecule has 1 rings (SSSR count). The van der Waals surface area contributed by atoms with E-state index in [1.165, 1.54) is 0 Å². The van der Waals surface area contributed by atoms with Crippen molar-refractivity contribution in [2.45, 2.75) is 6.04 Å². The molecule has 0 aromatic rings. The van der Waals surface area contributed by atoms with Gasteiger partial charge in [-0.2, -0.15) is 17.2 Å². The highest BCUT2D eigenvalue weighted by Crippen LogP contribution is 2.04. The molecule has 1 heterocycles. The molecule has 1 aliphatic heterocycles. The van der Waals surface area contributed by atoms with Crippen LogP contribution in [0.3, 0.4) is 0 Å². The molecule has 3 nitrogen and oxygen atoms in total. The molecule has 1 radical (unpaired) electrons. The summed E-state index contributed by atoms with van der Waals surface area (Å²) < 4.78 is 0. The molecule has 1 unspecified atom stereocenters. The van der Waals surface area contributed by atoms with Crippen LogP contribution in [-0.2, 0) is 9.63 Å². The number of hydrogen-bond donors (Lipinski definition) is 1. The maximum Gasteiger partial charge on any atom is 0.220 e. The Morgan fingerprint density at radius 2 is 2.67 bits per heavy atom. The van der Waals surface area contributed by atoms with E-state index in [9.17, 15) is 4.79 Å². The number of hydrogen-bond acceptors (Lipinski definition) is 4. The summed E-state index contributed by atoms with van der Waals surface area (Å²) in [6.45, 7) is 0.669. The molecule has 0 aromatic carbocycles. The van der Waals surface area contributed by atoms with Crippen molar-refractivity contribution in [3.8, 4) is 0 Å². The Morgan fingerprint density at radius 1 is 1.78 bits per heavy atom. The Bertz CT molecular complexity index is 91.0. The van der Waals surface area contributed by atoms with Crippen molar-refractivity contribution in [3.63, 3.8) is 0 Å². The lowest BCUT2D eigenvalue weighted by atomic mass is 10.4.